The van der Waals surface area contributed by atoms with Gasteiger partial charge in [-0.05, 0) is 24.7 Å². The number of nitrogens with one attached hydrogen (secondary N) is 1. The van der Waals surface area contributed by atoms with E-state index in [-0.39, 0.29) is 12.6 Å². The second-order valence-electron chi connectivity index (χ2n) is 4.24. The molecule has 0 bridgehead atoms. The average molecular weight is 264 g/mol. The van der Waals surface area contributed by atoms with Gasteiger partial charge in [-0.25, -0.2) is 4.79 Å². The van der Waals surface area contributed by atoms with E-state index in [0.717, 1.165) is 11.1 Å². The average Bonchev–Trinajstić information content (AvgIpc) is 2.69. The van der Waals surface area contributed by atoms with Crippen LogP contribution in [0.3, 0.4) is 0 Å². The van der Waals surface area contributed by atoms with Crippen LogP contribution in [0.5, 0.6) is 0 Å². The van der Waals surface area contributed by atoms with Crippen LogP contribution < -0.4 is 11.1 Å². The molecular formula is C13H16N2O4. The summed E-state index contributed by atoms with van der Waals surface area (Å²) in [5, 5.41) is 2.88. The van der Waals surface area contributed by atoms with Crippen LogP contribution in [-0.2, 0) is 23.2 Å². The molecule has 1 heterocycles. The van der Waals surface area contributed by atoms with E-state index in [4.69, 9.17) is 9.15 Å². The Morgan fingerprint density at radius 3 is 3.00 bits per heavy atom. The van der Waals surface area contributed by atoms with Gasteiger partial charge in [-0.2, -0.15) is 0 Å². The lowest BCUT2D eigenvalue weighted by molar-refractivity contribution is -0.144. The van der Waals surface area contributed by atoms with Crippen molar-refractivity contribution in [2.45, 2.75) is 13.0 Å². The maximum Gasteiger partial charge on any atom is 0.419 e. The fourth-order valence-corrected chi connectivity index (χ4v) is 1.73. The van der Waals surface area contributed by atoms with E-state index >= 15 is 0 Å². The third-order valence-corrected chi connectivity index (χ3v) is 2.84. The minimum Gasteiger partial charge on any atom is -0.461 e. The zero-order valence-corrected chi connectivity index (χ0v) is 10.9. The Morgan fingerprint density at radius 1 is 1.47 bits per heavy atom. The maximum atomic E-state index is 11.4. The number of oxazole rings is 1. The second-order valence-corrected chi connectivity index (χ2v) is 4.24. The fourth-order valence-electron chi connectivity index (χ4n) is 1.73. The highest BCUT2D eigenvalue weighted by molar-refractivity contribution is 5.74. The summed E-state index contributed by atoms with van der Waals surface area (Å²) in [6.07, 6.45) is 0.333. The van der Waals surface area contributed by atoms with Crippen LogP contribution in [0.4, 0.5) is 0 Å². The molecule has 0 aliphatic carbocycles. The molecule has 1 N–H and O–H groups in total. The quantitative estimate of drug-likeness (QED) is 0.808. The van der Waals surface area contributed by atoms with Crippen LogP contribution in [0.1, 0.15) is 12.0 Å². The van der Waals surface area contributed by atoms with Crippen LogP contribution in [0.15, 0.2) is 27.4 Å². The van der Waals surface area contributed by atoms with Gasteiger partial charge in [-0.15, -0.1) is 0 Å². The molecule has 0 fully saturated rings. The molecule has 0 saturated heterocycles. The van der Waals surface area contributed by atoms with Gasteiger partial charge >= 0.3 is 11.7 Å². The van der Waals surface area contributed by atoms with Crippen molar-refractivity contribution in [3.63, 3.8) is 0 Å². The van der Waals surface area contributed by atoms with E-state index in [1.807, 2.05) is 6.07 Å². The molecule has 1 aromatic heterocycles. The number of nitrogens with zero attached hydrogens (tertiary/aromatic N) is 1. The first kappa shape index (κ1) is 13.4. The van der Waals surface area contributed by atoms with Gasteiger partial charge in [0.1, 0.15) is 6.61 Å². The molecule has 0 saturated carbocycles. The highest BCUT2D eigenvalue weighted by atomic mass is 16.5. The Balaban J connectivity index is 2.06. The van der Waals surface area contributed by atoms with Crippen LogP contribution in [-0.4, -0.2) is 24.1 Å². The second kappa shape index (κ2) is 5.71. The molecular weight excluding hydrogens is 248 g/mol. The minimum atomic E-state index is -0.404. The summed E-state index contributed by atoms with van der Waals surface area (Å²) in [6.45, 7) is 0.766. The van der Waals surface area contributed by atoms with Crippen molar-refractivity contribution in [3.8, 4) is 0 Å². The zero-order valence-electron chi connectivity index (χ0n) is 10.9. The minimum absolute atomic E-state index is 0.178. The molecule has 6 nitrogen and oxygen atoms in total. The molecule has 0 atom stereocenters. The Labute approximate surface area is 110 Å². The number of carbonyl (C=O) groups excluding carboxylic acids is 1. The molecule has 6 heteroatoms. The zero-order chi connectivity index (χ0) is 13.8. The third-order valence-electron chi connectivity index (χ3n) is 2.84. The summed E-state index contributed by atoms with van der Waals surface area (Å²) in [6, 6.07) is 5.29. The molecule has 0 radical (unpaired) electrons. The molecule has 0 aliphatic rings. The summed E-state index contributed by atoms with van der Waals surface area (Å²) >= 11 is 0. The van der Waals surface area contributed by atoms with Crippen molar-refractivity contribution in [1.29, 1.82) is 0 Å². The number of rotatable bonds is 5. The van der Waals surface area contributed by atoms with Crippen LogP contribution in [0.25, 0.3) is 11.1 Å². The smallest absolute Gasteiger partial charge is 0.419 e. The van der Waals surface area contributed by atoms with Crippen LogP contribution in [0.2, 0.25) is 0 Å². The summed E-state index contributed by atoms with van der Waals surface area (Å²) < 4.78 is 11.6. The Hall–Kier alpha value is -2.08. The van der Waals surface area contributed by atoms with Gasteiger partial charge in [0.05, 0.1) is 11.9 Å². The number of carbonyl (C=O) groups is 1. The first-order valence-electron chi connectivity index (χ1n) is 6.00. The number of benzene rings is 1. The molecule has 0 unspecified atom stereocenters. The van der Waals surface area contributed by atoms with Gasteiger partial charge in [0, 0.05) is 13.6 Å². The number of fused-ring (bicyclic) bond motifs is 1. The fraction of sp³-hybridized carbons (Fsp3) is 0.385. The van der Waals surface area contributed by atoms with E-state index in [1.165, 1.54) is 4.57 Å². The summed E-state index contributed by atoms with van der Waals surface area (Å²) in [5.41, 5.74) is 2.01. The van der Waals surface area contributed by atoms with Crippen molar-refractivity contribution in [2.75, 3.05) is 13.6 Å². The van der Waals surface area contributed by atoms with E-state index < -0.39 is 5.76 Å². The summed E-state index contributed by atoms with van der Waals surface area (Å²) in [5.74, 6) is -0.665. The number of hydrogen-bond donors (Lipinski definition) is 1. The standard InChI is InChI=1S/C13H16N2O4/c1-14-6-5-12(16)18-8-9-3-4-10-11(7-9)19-13(17)15(10)2/h3-4,7,14H,5-6,8H2,1-2H3. The van der Waals surface area contributed by atoms with Crippen molar-refractivity contribution in [3.05, 3.63) is 34.3 Å². The topological polar surface area (TPSA) is 73.5 Å². The molecule has 0 aliphatic heterocycles. The molecule has 0 spiro atoms. The summed E-state index contributed by atoms with van der Waals surface area (Å²) in [4.78, 5) is 22.7. The van der Waals surface area contributed by atoms with E-state index in [0.29, 0.717) is 18.5 Å². The van der Waals surface area contributed by atoms with Gasteiger partial charge in [0.2, 0.25) is 0 Å². The van der Waals surface area contributed by atoms with E-state index in [1.54, 1.807) is 26.2 Å². The third kappa shape index (κ3) is 3.03. The Morgan fingerprint density at radius 2 is 2.26 bits per heavy atom. The lowest BCUT2D eigenvalue weighted by Crippen LogP contribution is -2.14. The van der Waals surface area contributed by atoms with Gasteiger partial charge < -0.3 is 14.5 Å². The normalized spacial score (nSPS) is 10.8. The van der Waals surface area contributed by atoms with Crippen molar-refractivity contribution in [2.24, 2.45) is 7.05 Å². The first-order valence-corrected chi connectivity index (χ1v) is 6.00. The number of aromatic nitrogens is 1. The first-order chi connectivity index (χ1) is 9.11. The lowest BCUT2D eigenvalue weighted by Gasteiger charge is -2.04. The maximum absolute atomic E-state index is 11.4. The molecule has 0 amide bonds. The van der Waals surface area contributed by atoms with E-state index in [9.17, 15) is 9.59 Å². The predicted octanol–water partition coefficient (Wildman–Crippen LogP) is 0.784. The van der Waals surface area contributed by atoms with Crippen molar-refractivity contribution in [1.82, 2.24) is 9.88 Å². The molecule has 102 valence electrons. The van der Waals surface area contributed by atoms with Crippen molar-refractivity contribution >= 4 is 17.1 Å². The monoisotopic (exact) mass is 264 g/mol. The molecule has 19 heavy (non-hydrogen) atoms. The van der Waals surface area contributed by atoms with Crippen molar-refractivity contribution < 1.29 is 13.9 Å². The van der Waals surface area contributed by atoms with E-state index in [2.05, 4.69) is 5.32 Å². The predicted molar refractivity (Wildman–Crippen MR) is 69.8 cm³/mol. The SMILES string of the molecule is CNCCC(=O)OCc1ccc2c(c1)oc(=O)n2C. The number of esters is 1. The summed E-state index contributed by atoms with van der Waals surface area (Å²) in [7, 11) is 3.42. The highest BCUT2D eigenvalue weighted by Gasteiger charge is 2.08. The van der Waals surface area contributed by atoms with Gasteiger partial charge in [0.15, 0.2) is 5.58 Å². The highest BCUT2D eigenvalue weighted by Crippen LogP contribution is 2.15. The van der Waals surface area contributed by atoms with Gasteiger partial charge in [-0.3, -0.25) is 9.36 Å². The number of aryl methyl sites for hydroxylation is 1. The van der Waals surface area contributed by atoms with Gasteiger partial charge in [0.25, 0.3) is 0 Å². The lowest BCUT2D eigenvalue weighted by atomic mass is 10.2. The number of ether oxygens (including phenoxy) is 1. The number of hydrogen-bond acceptors (Lipinski definition) is 5. The molecule has 1 aromatic carbocycles. The van der Waals surface area contributed by atoms with Crippen LogP contribution >= 0.6 is 0 Å². The Bertz CT molecular complexity index is 642. The Kier molecular flexibility index (Phi) is 4.01. The molecule has 2 rings (SSSR count). The van der Waals surface area contributed by atoms with Gasteiger partial charge in [-0.1, -0.05) is 6.07 Å². The largest absolute Gasteiger partial charge is 0.461 e. The van der Waals surface area contributed by atoms with Crippen LogP contribution in [0, 0.1) is 0 Å². The molecule has 2 aromatic rings.